The van der Waals surface area contributed by atoms with Crippen LogP contribution < -0.4 is 10.6 Å². The second-order valence-electron chi connectivity index (χ2n) is 4.94. The molecule has 0 saturated heterocycles. The van der Waals surface area contributed by atoms with Crippen LogP contribution in [0.3, 0.4) is 0 Å². The van der Waals surface area contributed by atoms with Gasteiger partial charge in [0.15, 0.2) is 6.61 Å². The molecule has 0 aliphatic carbocycles. The number of amides is 2. The zero-order valence-electron chi connectivity index (χ0n) is 15.1. The van der Waals surface area contributed by atoms with Crippen LogP contribution in [0.1, 0.15) is 0 Å². The van der Waals surface area contributed by atoms with Crippen molar-refractivity contribution in [2.75, 3.05) is 30.2 Å². The van der Waals surface area contributed by atoms with Crippen molar-refractivity contribution in [3.05, 3.63) is 57.5 Å². The maximum atomic E-state index is 11.2. The lowest BCUT2D eigenvalue weighted by atomic mass is 10.3. The maximum absolute atomic E-state index is 11.2. The summed E-state index contributed by atoms with van der Waals surface area (Å²) in [7, 11) is 1.28. The SMILES string of the molecule is COC(=O)Nc1ccc(Cl)c(Cl)c1.O=C(Nc1cccc(Cl)c1)OCC#CCCl. The van der Waals surface area contributed by atoms with Crippen LogP contribution in [-0.2, 0) is 9.47 Å². The van der Waals surface area contributed by atoms with Gasteiger partial charge < -0.3 is 9.47 Å². The van der Waals surface area contributed by atoms with Gasteiger partial charge in [0.25, 0.3) is 0 Å². The molecular weight excluding hydrogens is 462 g/mol. The number of carbonyl (C=O) groups excluding carboxylic acids is 2. The average Bonchev–Trinajstić information content (AvgIpc) is 2.68. The highest BCUT2D eigenvalue weighted by Crippen LogP contribution is 2.24. The molecule has 2 amide bonds. The summed E-state index contributed by atoms with van der Waals surface area (Å²) in [5, 5.41) is 6.34. The first-order chi connectivity index (χ1) is 13.8. The topological polar surface area (TPSA) is 76.7 Å². The predicted octanol–water partition coefficient (Wildman–Crippen LogP) is 6.30. The Morgan fingerprint density at radius 2 is 1.62 bits per heavy atom. The molecular formula is C19H16Cl4N2O4. The summed E-state index contributed by atoms with van der Waals surface area (Å²) in [6.07, 6.45) is -1.12. The molecule has 10 heteroatoms. The molecule has 0 atom stereocenters. The fraction of sp³-hybridized carbons (Fsp3) is 0.158. The van der Waals surface area contributed by atoms with Crippen LogP contribution in [0, 0.1) is 11.8 Å². The summed E-state index contributed by atoms with van der Waals surface area (Å²) in [4.78, 5) is 22.0. The summed E-state index contributed by atoms with van der Waals surface area (Å²) in [5.41, 5.74) is 1.11. The van der Waals surface area contributed by atoms with Gasteiger partial charge in [-0.15, -0.1) is 11.6 Å². The molecule has 154 valence electrons. The second-order valence-corrected chi connectivity index (χ2v) is 6.46. The van der Waals surface area contributed by atoms with Crippen molar-refractivity contribution in [1.82, 2.24) is 0 Å². The number of carbonyl (C=O) groups is 2. The fourth-order valence-corrected chi connectivity index (χ4v) is 2.25. The van der Waals surface area contributed by atoms with Crippen molar-refractivity contribution in [1.29, 1.82) is 0 Å². The van der Waals surface area contributed by atoms with Gasteiger partial charge in [-0.05, 0) is 36.4 Å². The molecule has 0 radical (unpaired) electrons. The van der Waals surface area contributed by atoms with E-state index in [0.717, 1.165) is 0 Å². The van der Waals surface area contributed by atoms with E-state index in [9.17, 15) is 9.59 Å². The highest BCUT2D eigenvalue weighted by molar-refractivity contribution is 6.42. The monoisotopic (exact) mass is 476 g/mol. The molecule has 0 unspecified atom stereocenters. The van der Waals surface area contributed by atoms with E-state index in [1.165, 1.54) is 7.11 Å². The molecule has 2 rings (SSSR count). The minimum absolute atomic E-state index is 0.0130. The van der Waals surface area contributed by atoms with Gasteiger partial charge in [0.1, 0.15) is 0 Å². The second kappa shape index (κ2) is 13.8. The molecule has 0 fully saturated rings. The molecule has 0 aliphatic rings. The standard InChI is InChI=1S/C11H9Cl2NO2.C8H7Cl2NO2/c12-6-1-2-7-16-11(15)14-10-5-3-4-9(13)8-10;1-13-8(12)11-5-2-3-6(9)7(10)4-5/h3-5,8H,6-7H2,(H,14,15);2-4H,1H3,(H,11,12). The van der Waals surface area contributed by atoms with E-state index in [0.29, 0.717) is 26.4 Å². The Labute approximate surface area is 188 Å². The van der Waals surface area contributed by atoms with Crippen LogP contribution in [0.4, 0.5) is 21.0 Å². The van der Waals surface area contributed by atoms with Crippen molar-refractivity contribution >= 4 is 70.0 Å². The Morgan fingerprint density at radius 1 is 0.931 bits per heavy atom. The number of hydrogen-bond acceptors (Lipinski definition) is 4. The largest absolute Gasteiger partial charge is 0.453 e. The number of benzene rings is 2. The Bertz CT molecular complexity index is 897. The predicted molar refractivity (Wildman–Crippen MR) is 117 cm³/mol. The summed E-state index contributed by atoms with van der Waals surface area (Å²) in [6, 6.07) is 11.5. The van der Waals surface area contributed by atoms with Crippen LogP contribution in [0.2, 0.25) is 15.1 Å². The van der Waals surface area contributed by atoms with Crippen LogP contribution in [-0.4, -0.2) is 31.8 Å². The summed E-state index contributed by atoms with van der Waals surface area (Å²) < 4.78 is 9.16. The third-order valence-electron chi connectivity index (χ3n) is 2.89. The quantitative estimate of drug-likeness (QED) is 0.401. The van der Waals surface area contributed by atoms with E-state index in [4.69, 9.17) is 51.1 Å². The number of anilines is 2. The van der Waals surface area contributed by atoms with E-state index in [1.807, 2.05) is 0 Å². The normalized spacial score (nSPS) is 9.14. The average molecular weight is 478 g/mol. The molecule has 2 aromatic rings. The minimum Gasteiger partial charge on any atom is -0.453 e. The molecule has 0 aromatic heterocycles. The van der Waals surface area contributed by atoms with Gasteiger partial charge >= 0.3 is 12.2 Å². The van der Waals surface area contributed by atoms with E-state index in [2.05, 4.69) is 27.2 Å². The zero-order valence-corrected chi connectivity index (χ0v) is 18.1. The van der Waals surface area contributed by atoms with Crippen molar-refractivity contribution in [3.63, 3.8) is 0 Å². The van der Waals surface area contributed by atoms with Crippen molar-refractivity contribution in [2.24, 2.45) is 0 Å². The lowest BCUT2D eigenvalue weighted by molar-refractivity contribution is 0.176. The molecule has 6 nitrogen and oxygen atoms in total. The summed E-state index contributed by atoms with van der Waals surface area (Å²) >= 11 is 22.5. The number of alkyl halides is 1. The number of methoxy groups -OCH3 is 1. The minimum atomic E-state index is -0.578. The number of ether oxygens (including phenoxy) is 2. The molecule has 2 aromatic carbocycles. The van der Waals surface area contributed by atoms with Gasteiger partial charge in [-0.2, -0.15) is 0 Å². The van der Waals surface area contributed by atoms with Crippen molar-refractivity contribution < 1.29 is 19.1 Å². The third-order valence-corrected chi connectivity index (χ3v) is 4.00. The third kappa shape index (κ3) is 10.7. The lowest BCUT2D eigenvalue weighted by Crippen LogP contribution is -2.13. The Morgan fingerprint density at radius 3 is 2.24 bits per heavy atom. The van der Waals surface area contributed by atoms with Crippen molar-refractivity contribution in [3.8, 4) is 11.8 Å². The molecule has 0 heterocycles. The van der Waals surface area contributed by atoms with Gasteiger partial charge in [0.05, 0.1) is 23.0 Å². The van der Waals surface area contributed by atoms with E-state index >= 15 is 0 Å². The molecule has 2 N–H and O–H groups in total. The van der Waals surface area contributed by atoms with E-state index in [1.54, 1.807) is 42.5 Å². The molecule has 0 saturated carbocycles. The maximum Gasteiger partial charge on any atom is 0.412 e. The highest BCUT2D eigenvalue weighted by atomic mass is 35.5. The van der Waals surface area contributed by atoms with Crippen LogP contribution in [0.15, 0.2) is 42.5 Å². The van der Waals surface area contributed by atoms with Gasteiger partial charge in [0.2, 0.25) is 0 Å². The first kappa shape index (κ1) is 24.7. The number of halogens is 4. The first-order valence-electron chi connectivity index (χ1n) is 7.86. The van der Waals surface area contributed by atoms with Gasteiger partial charge in [-0.1, -0.05) is 52.7 Å². The van der Waals surface area contributed by atoms with Crippen LogP contribution in [0.25, 0.3) is 0 Å². The number of rotatable bonds is 3. The van der Waals surface area contributed by atoms with Gasteiger partial charge in [0, 0.05) is 16.4 Å². The van der Waals surface area contributed by atoms with Crippen LogP contribution in [0.5, 0.6) is 0 Å². The molecule has 0 aliphatic heterocycles. The Kier molecular flexibility index (Phi) is 11.8. The first-order valence-corrected chi connectivity index (χ1v) is 9.53. The summed E-state index contributed by atoms with van der Waals surface area (Å²) in [6.45, 7) is 0.0130. The van der Waals surface area contributed by atoms with Crippen molar-refractivity contribution in [2.45, 2.75) is 0 Å². The number of hydrogen-bond donors (Lipinski definition) is 2. The van der Waals surface area contributed by atoms with Gasteiger partial charge in [-0.25, -0.2) is 9.59 Å². The lowest BCUT2D eigenvalue weighted by Gasteiger charge is -2.04. The molecule has 0 spiro atoms. The highest BCUT2D eigenvalue weighted by Gasteiger charge is 2.03. The van der Waals surface area contributed by atoms with Crippen LogP contribution >= 0.6 is 46.4 Å². The van der Waals surface area contributed by atoms with E-state index in [-0.39, 0.29) is 12.5 Å². The fourth-order valence-electron chi connectivity index (χ4n) is 1.66. The van der Waals surface area contributed by atoms with E-state index < -0.39 is 12.2 Å². The molecule has 0 bridgehead atoms. The smallest absolute Gasteiger partial charge is 0.412 e. The summed E-state index contributed by atoms with van der Waals surface area (Å²) in [5.74, 6) is 5.36. The molecule has 29 heavy (non-hydrogen) atoms. The zero-order chi connectivity index (χ0) is 21.6. The van der Waals surface area contributed by atoms with Gasteiger partial charge in [-0.3, -0.25) is 10.6 Å². The Balaban J connectivity index is 0.000000296. The number of nitrogens with one attached hydrogen (secondary N) is 2. The Hall–Kier alpha value is -2.30.